The zero-order chi connectivity index (χ0) is 12.0. The molecule has 0 bridgehead atoms. The minimum atomic E-state index is -0.295. The summed E-state index contributed by atoms with van der Waals surface area (Å²) in [6, 6.07) is 7.49. The molecule has 1 aromatic carbocycles. The molecule has 1 unspecified atom stereocenters. The summed E-state index contributed by atoms with van der Waals surface area (Å²) in [6.45, 7) is 3.71. The second-order valence-electron chi connectivity index (χ2n) is 3.48. The van der Waals surface area contributed by atoms with Crippen molar-refractivity contribution in [3.8, 4) is 0 Å². The van der Waals surface area contributed by atoms with Crippen molar-refractivity contribution in [2.75, 3.05) is 7.11 Å². The number of alkyl halides is 1. The van der Waals surface area contributed by atoms with E-state index in [1.165, 1.54) is 12.7 Å². The molecule has 0 radical (unpaired) electrons. The van der Waals surface area contributed by atoms with Crippen LogP contribution in [0.25, 0.3) is 0 Å². The van der Waals surface area contributed by atoms with E-state index >= 15 is 0 Å². The Hall–Kier alpha value is -1.09. The molecule has 16 heavy (non-hydrogen) atoms. The van der Waals surface area contributed by atoms with Crippen molar-refractivity contribution in [3.05, 3.63) is 48.0 Å². The van der Waals surface area contributed by atoms with Crippen molar-refractivity contribution in [2.45, 2.75) is 17.7 Å². The van der Waals surface area contributed by atoms with Gasteiger partial charge in [-0.1, -0.05) is 34.1 Å². The van der Waals surface area contributed by atoms with Crippen LogP contribution >= 0.6 is 15.9 Å². The lowest BCUT2D eigenvalue weighted by atomic mass is 10.1. The van der Waals surface area contributed by atoms with Gasteiger partial charge in [0.2, 0.25) is 0 Å². The molecular formula is C13H15BrO2. The number of esters is 1. The number of hydrogen-bond acceptors (Lipinski definition) is 2. The van der Waals surface area contributed by atoms with Crippen molar-refractivity contribution < 1.29 is 9.53 Å². The highest BCUT2D eigenvalue weighted by Crippen LogP contribution is 2.13. The Balaban J connectivity index is 2.58. The number of benzene rings is 1. The topological polar surface area (TPSA) is 26.3 Å². The molecule has 0 aromatic heterocycles. The minimum Gasteiger partial charge on any atom is -0.465 e. The molecule has 1 rings (SSSR count). The molecular weight excluding hydrogens is 268 g/mol. The average Bonchev–Trinajstić information content (AvgIpc) is 2.35. The normalized spacial score (nSPS) is 11.9. The zero-order valence-corrected chi connectivity index (χ0v) is 10.9. The fourth-order valence-corrected chi connectivity index (χ4v) is 1.58. The van der Waals surface area contributed by atoms with E-state index in [4.69, 9.17) is 0 Å². The molecule has 0 N–H and O–H groups in total. The van der Waals surface area contributed by atoms with Crippen LogP contribution in [0.15, 0.2) is 36.9 Å². The largest absolute Gasteiger partial charge is 0.465 e. The van der Waals surface area contributed by atoms with Gasteiger partial charge < -0.3 is 4.74 Å². The molecule has 0 amide bonds. The molecule has 2 nitrogen and oxygen atoms in total. The third kappa shape index (κ3) is 3.81. The Kier molecular flexibility index (Phi) is 5.26. The monoisotopic (exact) mass is 282 g/mol. The predicted molar refractivity (Wildman–Crippen MR) is 69.0 cm³/mol. The Morgan fingerprint density at radius 3 is 2.62 bits per heavy atom. The van der Waals surface area contributed by atoms with Crippen molar-refractivity contribution >= 4 is 21.9 Å². The average molecular weight is 283 g/mol. The van der Waals surface area contributed by atoms with Gasteiger partial charge in [0.05, 0.1) is 12.7 Å². The summed E-state index contributed by atoms with van der Waals surface area (Å²) < 4.78 is 4.63. The van der Waals surface area contributed by atoms with Crippen LogP contribution in [0.4, 0.5) is 0 Å². The van der Waals surface area contributed by atoms with E-state index in [2.05, 4.69) is 27.2 Å². The summed E-state index contributed by atoms with van der Waals surface area (Å²) in [5.41, 5.74) is 1.80. The number of carbonyl (C=O) groups excluding carboxylic acids is 1. The number of hydrogen-bond donors (Lipinski definition) is 0. The standard InChI is InChI=1S/C13H15BrO2/c1-3-12(14)9-6-10-4-7-11(8-5-10)13(15)16-2/h3-5,7-8,12H,1,6,9H2,2H3. The third-order valence-electron chi connectivity index (χ3n) is 2.34. The van der Waals surface area contributed by atoms with Crippen LogP contribution in [-0.4, -0.2) is 17.9 Å². The Bertz CT molecular complexity index is 357. The van der Waals surface area contributed by atoms with E-state index in [1.807, 2.05) is 18.2 Å². The molecule has 0 spiro atoms. The summed E-state index contributed by atoms with van der Waals surface area (Å²) in [5.74, 6) is -0.295. The van der Waals surface area contributed by atoms with Crippen LogP contribution in [0.5, 0.6) is 0 Å². The number of halogens is 1. The molecule has 0 saturated heterocycles. The highest BCUT2D eigenvalue weighted by Gasteiger charge is 2.05. The number of rotatable bonds is 5. The van der Waals surface area contributed by atoms with Gasteiger partial charge in [0.25, 0.3) is 0 Å². The summed E-state index contributed by atoms with van der Waals surface area (Å²) in [7, 11) is 1.38. The zero-order valence-electron chi connectivity index (χ0n) is 9.28. The van der Waals surface area contributed by atoms with Gasteiger partial charge in [-0.25, -0.2) is 4.79 Å². The van der Waals surface area contributed by atoms with Crippen LogP contribution in [-0.2, 0) is 11.2 Å². The maximum atomic E-state index is 11.2. The molecule has 3 heteroatoms. The van der Waals surface area contributed by atoms with Crippen molar-refractivity contribution in [2.24, 2.45) is 0 Å². The lowest BCUT2D eigenvalue weighted by Gasteiger charge is -2.05. The van der Waals surface area contributed by atoms with Crippen LogP contribution in [0, 0.1) is 0 Å². The van der Waals surface area contributed by atoms with E-state index in [0.717, 1.165) is 12.8 Å². The van der Waals surface area contributed by atoms with Gasteiger partial charge in [0.1, 0.15) is 0 Å². The van der Waals surface area contributed by atoms with Crippen LogP contribution in [0.3, 0.4) is 0 Å². The van der Waals surface area contributed by atoms with Gasteiger partial charge in [-0.2, -0.15) is 0 Å². The van der Waals surface area contributed by atoms with Crippen LogP contribution < -0.4 is 0 Å². The maximum Gasteiger partial charge on any atom is 0.337 e. The highest BCUT2D eigenvalue weighted by atomic mass is 79.9. The third-order valence-corrected chi connectivity index (χ3v) is 3.17. The summed E-state index contributed by atoms with van der Waals surface area (Å²) in [4.78, 5) is 11.5. The van der Waals surface area contributed by atoms with Gasteiger partial charge in [-0.05, 0) is 30.5 Å². The Morgan fingerprint density at radius 2 is 2.12 bits per heavy atom. The van der Waals surface area contributed by atoms with Crippen molar-refractivity contribution in [1.29, 1.82) is 0 Å². The fraction of sp³-hybridized carbons (Fsp3) is 0.308. The fourth-order valence-electron chi connectivity index (χ4n) is 1.35. The first kappa shape index (κ1) is 13.0. The van der Waals surface area contributed by atoms with Crippen LogP contribution in [0.1, 0.15) is 22.3 Å². The first-order valence-electron chi connectivity index (χ1n) is 5.11. The number of aryl methyl sites for hydroxylation is 1. The summed E-state index contributed by atoms with van der Waals surface area (Å²) in [6.07, 6.45) is 3.84. The van der Waals surface area contributed by atoms with E-state index in [0.29, 0.717) is 10.4 Å². The lowest BCUT2D eigenvalue weighted by molar-refractivity contribution is 0.0600. The Labute approximate surface area is 104 Å². The molecule has 1 aromatic rings. The Morgan fingerprint density at radius 1 is 1.50 bits per heavy atom. The van der Waals surface area contributed by atoms with Crippen molar-refractivity contribution in [3.63, 3.8) is 0 Å². The predicted octanol–water partition coefficient (Wildman–Crippen LogP) is 3.36. The molecule has 0 heterocycles. The molecule has 1 atom stereocenters. The summed E-state index contributed by atoms with van der Waals surface area (Å²) >= 11 is 3.49. The smallest absolute Gasteiger partial charge is 0.337 e. The van der Waals surface area contributed by atoms with Gasteiger partial charge in [-0.15, -0.1) is 6.58 Å². The SMILES string of the molecule is C=CC(Br)CCc1ccc(C(=O)OC)cc1. The lowest BCUT2D eigenvalue weighted by Crippen LogP contribution is -2.01. The van der Waals surface area contributed by atoms with Crippen molar-refractivity contribution in [1.82, 2.24) is 0 Å². The highest BCUT2D eigenvalue weighted by molar-refractivity contribution is 9.09. The second-order valence-corrected chi connectivity index (χ2v) is 4.66. The molecule has 0 aliphatic carbocycles. The summed E-state index contributed by atoms with van der Waals surface area (Å²) in [5, 5.41) is 0. The maximum absolute atomic E-state index is 11.2. The first-order chi connectivity index (χ1) is 7.67. The number of carbonyl (C=O) groups is 1. The number of ether oxygens (including phenoxy) is 1. The first-order valence-corrected chi connectivity index (χ1v) is 6.03. The van der Waals surface area contributed by atoms with Gasteiger partial charge >= 0.3 is 5.97 Å². The van der Waals surface area contributed by atoms with Crippen LogP contribution in [0.2, 0.25) is 0 Å². The minimum absolute atomic E-state index is 0.295. The number of allylic oxidation sites excluding steroid dienone is 1. The van der Waals surface area contributed by atoms with E-state index < -0.39 is 0 Å². The molecule has 86 valence electrons. The second kappa shape index (κ2) is 6.48. The van der Waals surface area contributed by atoms with E-state index in [9.17, 15) is 4.79 Å². The molecule has 0 saturated carbocycles. The van der Waals surface area contributed by atoms with Gasteiger partial charge in [-0.3, -0.25) is 0 Å². The number of methoxy groups -OCH3 is 1. The molecule has 0 fully saturated rings. The van der Waals surface area contributed by atoms with E-state index in [-0.39, 0.29) is 5.97 Å². The molecule has 0 aliphatic heterocycles. The van der Waals surface area contributed by atoms with Gasteiger partial charge in [0, 0.05) is 4.83 Å². The van der Waals surface area contributed by atoms with Gasteiger partial charge in [0.15, 0.2) is 0 Å². The molecule has 0 aliphatic rings. The van der Waals surface area contributed by atoms with E-state index in [1.54, 1.807) is 12.1 Å². The quantitative estimate of drug-likeness (QED) is 0.470.